The molecule has 4 saturated heterocycles. The maximum absolute atomic E-state index is 13.7. The van der Waals surface area contributed by atoms with Crippen LogP contribution in [0.15, 0.2) is 108 Å². The minimum Gasteiger partial charge on any atom is -0.506 e. The van der Waals surface area contributed by atoms with Crippen molar-refractivity contribution in [2.75, 3.05) is 45.8 Å². The lowest BCUT2D eigenvalue weighted by Gasteiger charge is -2.49. The highest BCUT2D eigenvalue weighted by atomic mass is 16.6. The molecular weight excluding hydrogens is 721 g/mol. The molecule has 5 heterocycles. The lowest BCUT2D eigenvalue weighted by Crippen LogP contribution is -2.56. The predicted octanol–water partition coefficient (Wildman–Crippen LogP) is 5.28. The Kier molecular flexibility index (Phi) is 11.7. The number of benzene rings is 4. The number of carbonyl (C=O) groups is 1. The van der Waals surface area contributed by atoms with Gasteiger partial charge in [0.05, 0.1) is 17.7 Å². The maximum atomic E-state index is 13.7. The lowest BCUT2D eigenvalue weighted by atomic mass is 9.71. The van der Waals surface area contributed by atoms with Gasteiger partial charge in [-0.25, -0.2) is 0 Å². The second-order valence-electron chi connectivity index (χ2n) is 15.9. The van der Waals surface area contributed by atoms with Crippen LogP contribution in [0.4, 0.5) is 0 Å². The van der Waals surface area contributed by atoms with E-state index in [9.17, 15) is 24.9 Å². The van der Waals surface area contributed by atoms with Crippen molar-refractivity contribution in [2.45, 2.75) is 62.6 Å². The number of aliphatic hydroxyl groups excluding tert-OH is 2. The van der Waals surface area contributed by atoms with Crippen LogP contribution < -0.4 is 15.6 Å². The van der Waals surface area contributed by atoms with Crippen LogP contribution in [0.2, 0.25) is 0 Å². The van der Waals surface area contributed by atoms with Crippen molar-refractivity contribution in [3.8, 4) is 11.5 Å². The number of pyridine rings is 1. The number of fused-ring (bicyclic) bond motifs is 4. The molecule has 298 valence electrons. The van der Waals surface area contributed by atoms with Gasteiger partial charge in [0.25, 0.3) is 5.91 Å². The summed E-state index contributed by atoms with van der Waals surface area (Å²) in [5.41, 5.74) is 3.90. The fourth-order valence-corrected chi connectivity index (χ4v) is 8.89. The van der Waals surface area contributed by atoms with E-state index < -0.39 is 17.8 Å². The van der Waals surface area contributed by atoms with Gasteiger partial charge in [0.1, 0.15) is 18.1 Å². The summed E-state index contributed by atoms with van der Waals surface area (Å²) in [7, 11) is 0. The number of nitrogens with one attached hydrogen (secondary N) is 2. The van der Waals surface area contributed by atoms with Crippen LogP contribution in [0, 0.1) is 5.92 Å². The van der Waals surface area contributed by atoms with Crippen molar-refractivity contribution in [1.29, 1.82) is 0 Å². The normalized spacial score (nSPS) is 21.3. The molecule has 4 aliphatic heterocycles. The molecule has 11 heteroatoms. The first-order valence-electron chi connectivity index (χ1n) is 20.2. The molecule has 1 aromatic heterocycles. The van der Waals surface area contributed by atoms with Crippen molar-refractivity contribution in [3.63, 3.8) is 0 Å². The summed E-state index contributed by atoms with van der Waals surface area (Å²) in [4.78, 5) is 32.3. The zero-order valence-corrected chi connectivity index (χ0v) is 32.2. The predicted molar refractivity (Wildman–Crippen MR) is 218 cm³/mol. The molecule has 1 amide bonds. The molecule has 11 nitrogen and oxygen atoms in total. The first-order chi connectivity index (χ1) is 27.8. The topological polar surface area (TPSA) is 148 Å². The number of hydrogen-bond acceptors (Lipinski definition) is 9. The Morgan fingerprint density at radius 3 is 2.28 bits per heavy atom. The fourth-order valence-electron chi connectivity index (χ4n) is 8.89. The van der Waals surface area contributed by atoms with Gasteiger partial charge in [-0.15, -0.1) is 0 Å². The van der Waals surface area contributed by atoms with Gasteiger partial charge in [-0.2, -0.15) is 0 Å². The number of rotatable bonds is 14. The first kappa shape index (κ1) is 38.8. The summed E-state index contributed by atoms with van der Waals surface area (Å²) in [5.74, 6) is 1.12. The molecule has 5 aromatic rings. The summed E-state index contributed by atoms with van der Waals surface area (Å²) in [6, 6.07) is 31.9. The van der Waals surface area contributed by atoms with Crippen LogP contribution in [0.1, 0.15) is 64.4 Å². The van der Waals surface area contributed by atoms with E-state index in [0.29, 0.717) is 79.3 Å². The Morgan fingerprint density at radius 1 is 0.860 bits per heavy atom. The first-order valence-corrected chi connectivity index (χ1v) is 20.2. The standard InChI is InChI=1S/C46H52N4O7/c51-39-16-14-37(38-15-17-42(53)48-43(38)39)40(52)28-47-23-18-31-6-8-32(9-7-31)30-56-36-12-10-34(11-13-36)44(54)50-26-21-46(22-27-50,35-4-2-1-3-5-35)45(55)57-41-29-49-24-19-33(41)20-25-49/h1-17,33,40-41,45,47,51-52,55H,18-30H2,(H,48,53)/t40-,41-,45?/m0/s1. The van der Waals surface area contributed by atoms with Crippen molar-refractivity contribution in [1.82, 2.24) is 20.1 Å². The van der Waals surface area contributed by atoms with E-state index in [4.69, 9.17) is 9.47 Å². The average molecular weight is 773 g/mol. The van der Waals surface area contributed by atoms with Crippen molar-refractivity contribution >= 4 is 16.8 Å². The Labute approximate surface area is 332 Å². The van der Waals surface area contributed by atoms with Gasteiger partial charge in [-0.05, 0) is 116 Å². The summed E-state index contributed by atoms with van der Waals surface area (Å²) in [6.45, 7) is 5.55. The number of aromatic nitrogens is 1. The Hall–Kier alpha value is -5.04. The molecule has 4 aliphatic rings. The Morgan fingerprint density at radius 2 is 1.58 bits per heavy atom. The van der Waals surface area contributed by atoms with Crippen LogP contribution in [0.5, 0.6) is 11.5 Å². The van der Waals surface area contributed by atoms with Crippen LogP contribution in [-0.2, 0) is 23.2 Å². The van der Waals surface area contributed by atoms with Gasteiger partial charge >= 0.3 is 0 Å². The number of hydrogen-bond donors (Lipinski definition) is 5. The summed E-state index contributed by atoms with van der Waals surface area (Å²) in [5, 5.41) is 36.6. The van der Waals surface area contributed by atoms with E-state index >= 15 is 0 Å². The molecule has 4 fully saturated rings. The number of aromatic hydroxyl groups is 1. The molecule has 57 heavy (non-hydrogen) atoms. The molecule has 0 spiro atoms. The van der Waals surface area contributed by atoms with Crippen molar-refractivity contribution < 1.29 is 29.6 Å². The number of ether oxygens (including phenoxy) is 2. The minimum atomic E-state index is -0.936. The number of H-pyrrole nitrogens is 1. The number of likely N-dealkylation sites (tertiary alicyclic amines) is 1. The van der Waals surface area contributed by atoms with E-state index in [-0.39, 0.29) is 23.3 Å². The van der Waals surface area contributed by atoms with Gasteiger partial charge in [0.2, 0.25) is 5.56 Å². The lowest BCUT2D eigenvalue weighted by molar-refractivity contribution is -0.214. The van der Waals surface area contributed by atoms with Gasteiger partial charge in [-0.1, -0.05) is 60.7 Å². The van der Waals surface area contributed by atoms with Gasteiger partial charge in [-0.3, -0.25) is 9.59 Å². The molecular formula is C46H52N4O7. The molecule has 0 radical (unpaired) electrons. The van der Waals surface area contributed by atoms with Crippen LogP contribution in [0.3, 0.4) is 0 Å². The highest BCUT2D eigenvalue weighted by molar-refractivity contribution is 5.94. The monoisotopic (exact) mass is 772 g/mol. The summed E-state index contributed by atoms with van der Waals surface area (Å²) in [6.07, 6.45) is 2.55. The number of amides is 1. The van der Waals surface area contributed by atoms with E-state index in [1.54, 1.807) is 12.1 Å². The number of aromatic amines is 1. The molecule has 2 bridgehead atoms. The van der Waals surface area contributed by atoms with E-state index in [1.165, 1.54) is 12.1 Å². The molecule has 3 atom stereocenters. The second-order valence-corrected chi connectivity index (χ2v) is 15.9. The molecule has 1 unspecified atom stereocenters. The van der Waals surface area contributed by atoms with Crippen LogP contribution >= 0.6 is 0 Å². The Bertz CT molecular complexity index is 2180. The highest BCUT2D eigenvalue weighted by Gasteiger charge is 2.46. The number of phenolic OH excluding ortho intramolecular Hbond substituents is 1. The van der Waals surface area contributed by atoms with Crippen molar-refractivity contribution in [2.24, 2.45) is 5.92 Å². The van der Waals surface area contributed by atoms with Gasteiger partial charge in [0.15, 0.2) is 6.29 Å². The minimum absolute atomic E-state index is 0.0259. The molecule has 4 aromatic carbocycles. The third kappa shape index (κ3) is 8.63. The number of phenols is 1. The van der Waals surface area contributed by atoms with Crippen LogP contribution in [0.25, 0.3) is 10.9 Å². The van der Waals surface area contributed by atoms with E-state index in [2.05, 4.69) is 39.5 Å². The number of aliphatic hydroxyl groups is 2. The molecule has 0 saturated carbocycles. The number of carbonyl (C=O) groups excluding carboxylic acids is 1. The zero-order chi connectivity index (χ0) is 39.4. The fraction of sp³-hybridized carbons (Fsp3) is 0.391. The average Bonchev–Trinajstić information content (AvgIpc) is 3.25. The van der Waals surface area contributed by atoms with E-state index in [0.717, 1.165) is 55.6 Å². The summed E-state index contributed by atoms with van der Waals surface area (Å²) < 4.78 is 12.6. The third-order valence-corrected chi connectivity index (χ3v) is 12.4. The SMILES string of the molecule is O=C(c1ccc(OCc2ccc(CCNC[C@H](O)c3ccc(O)c4[nH]c(=O)ccc34)cc2)cc1)N1CCC(c2ccccc2)(C(O)O[C@H]2CN3CCC2CC3)CC1. The number of nitrogens with zero attached hydrogens (tertiary/aromatic N) is 2. The van der Waals surface area contributed by atoms with Crippen molar-refractivity contribution in [3.05, 3.63) is 141 Å². The molecule has 0 aliphatic carbocycles. The van der Waals surface area contributed by atoms with Crippen LogP contribution in [-0.4, -0.2) is 94.2 Å². The molecule has 5 N–H and O–H groups in total. The van der Waals surface area contributed by atoms with Gasteiger partial charge < -0.3 is 44.9 Å². The van der Waals surface area contributed by atoms with E-state index in [1.807, 2.05) is 59.5 Å². The quantitative estimate of drug-likeness (QED) is 0.0752. The zero-order valence-electron chi connectivity index (χ0n) is 32.2. The molecule has 9 rings (SSSR count). The smallest absolute Gasteiger partial charge is 0.253 e. The third-order valence-electron chi connectivity index (χ3n) is 12.4. The Balaban J connectivity index is 0.795. The second kappa shape index (κ2) is 17.2. The maximum Gasteiger partial charge on any atom is 0.253 e. The van der Waals surface area contributed by atoms with Gasteiger partial charge in [0, 0.05) is 48.6 Å². The highest BCUT2D eigenvalue weighted by Crippen LogP contribution is 2.42. The summed E-state index contributed by atoms with van der Waals surface area (Å²) >= 11 is 0. The largest absolute Gasteiger partial charge is 0.506 e. The number of piperidine rings is 4.